The Balaban J connectivity index is 1.89. The van der Waals surface area contributed by atoms with Crippen LogP contribution in [0.1, 0.15) is 36.8 Å². The number of carbonyl (C=O) groups excluding carboxylic acids is 1. The van der Waals surface area contributed by atoms with Gasteiger partial charge in [-0.15, -0.1) is 5.10 Å². The lowest BCUT2D eigenvalue weighted by Gasteiger charge is -2.19. The molecule has 0 bridgehead atoms. The van der Waals surface area contributed by atoms with Gasteiger partial charge >= 0.3 is 0 Å². The summed E-state index contributed by atoms with van der Waals surface area (Å²) in [5, 5.41) is 8.08. The maximum atomic E-state index is 12.8. The van der Waals surface area contributed by atoms with Crippen molar-refractivity contribution in [3.05, 3.63) is 64.9 Å². The zero-order chi connectivity index (χ0) is 20.5. The number of benzene rings is 2. The minimum absolute atomic E-state index is 0.0159. The van der Waals surface area contributed by atoms with Gasteiger partial charge < -0.3 is 5.73 Å². The van der Waals surface area contributed by atoms with Crippen LogP contribution in [-0.2, 0) is 16.4 Å². The van der Waals surface area contributed by atoms with Crippen LogP contribution in [0.3, 0.4) is 0 Å². The molecule has 0 spiro atoms. The van der Waals surface area contributed by atoms with Crippen LogP contribution in [0.25, 0.3) is 5.69 Å². The molecule has 0 fully saturated rings. The molecule has 1 aromatic heterocycles. The molecule has 0 saturated heterocycles. The molecular formula is C19H20ClN5O2S. The Kier molecular flexibility index (Phi) is 5.53. The molecule has 3 N–H and O–H groups in total. The maximum Gasteiger partial charge on any atom is 0.270 e. The van der Waals surface area contributed by atoms with E-state index >= 15 is 0 Å². The summed E-state index contributed by atoms with van der Waals surface area (Å²) >= 11 is 6.09. The first-order valence-electron chi connectivity index (χ1n) is 8.46. The molecule has 1 amide bonds. The van der Waals surface area contributed by atoms with E-state index < -0.39 is 16.9 Å². The van der Waals surface area contributed by atoms with Crippen LogP contribution in [0.4, 0.5) is 5.69 Å². The molecule has 1 heterocycles. The van der Waals surface area contributed by atoms with Gasteiger partial charge in [0, 0.05) is 5.02 Å². The Hall–Kier alpha value is -2.71. The second kappa shape index (κ2) is 7.73. The molecule has 0 aliphatic heterocycles. The van der Waals surface area contributed by atoms with Crippen molar-refractivity contribution in [2.45, 2.75) is 31.1 Å². The van der Waals surface area contributed by atoms with E-state index in [2.05, 4.69) is 35.8 Å². The first-order valence-corrected chi connectivity index (χ1v) is 9.99. The van der Waals surface area contributed by atoms with Crippen LogP contribution >= 0.6 is 11.6 Å². The molecule has 0 aliphatic rings. The van der Waals surface area contributed by atoms with E-state index in [-0.39, 0.29) is 11.1 Å². The molecule has 3 aromatic rings. The average Bonchev–Trinajstić information content (AvgIpc) is 3.13. The molecule has 3 rings (SSSR count). The van der Waals surface area contributed by atoms with E-state index in [9.17, 15) is 9.00 Å². The monoisotopic (exact) mass is 417 g/mol. The second-order valence-corrected chi connectivity index (χ2v) is 8.87. The van der Waals surface area contributed by atoms with Gasteiger partial charge in [-0.3, -0.25) is 9.52 Å². The highest BCUT2D eigenvalue weighted by Crippen LogP contribution is 2.27. The first kappa shape index (κ1) is 20.0. The van der Waals surface area contributed by atoms with Crippen molar-refractivity contribution in [3.8, 4) is 5.69 Å². The van der Waals surface area contributed by atoms with Crippen LogP contribution in [0, 0.1) is 0 Å². The normalized spacial score (nSPS) is 12.6. The van der Waals surface area contributed by atoms with Gasteiger partial charge in [-0.1, -0.05) is 49.7 Å². The number of halogens is 1. The summed E-state index contributed by atoms with van der Waals surface area (Å²) in [6.45, 7) is 6.36. The Labute approximate surface area is 170 Å². The highest BCUT2D eigenvalue weighted by Gasteiger charge is 2.16. The van der Waals surface area contributed by atoms with Crippen LogP contribution < -0.4 is 10.5 Å². The Morgan fingerprint density at radius 2 is 1.86 bits per heavy atom. The van der Waals surface area contributed by atoms with Crippen molar-refractivity contribution in [1.29, 1.82) is 0 Å². The molecule has 1 atom stereocenters. The first-order chi connectivity index (χ1) is 13.1. The van der Waals surface area contributed by atoms with Gasteiger partial charge in [0.05, 0.1) is 22.5 Å². The third kappa shape index (κ3) is 4.40. The molecule has 1 unspecified atom stereocenters. The highest BCUT2D eigenvalue weighted by atomic mass is 35.5. The largest absolute Gasteiger partial charge is 0.364 e. The Morgan fingerprint density at radius 3 is 2.43 bits per heavy atom. The molecule has 0 aliphatic carbocycles. The number of aromatic nitrogens is 3. The number of nitrogens with two attached hydrogens (primary N) is 1. The fourth-order valence-electron chi connectivity index (χ4n) is 2.51. The fourth-order valence-corrected chi connectivity index (χ4v) is 3.55. The van der Waals surface area contributed by atoms with Crippen molar-refractivity contribution in [3.63, 3.8) is 0 Å². The molecule has 9 heteroatoms. The van der Waals surface area contributed by atoms with E-state index in [1.54, 1.807) is 18.2 Å². The summed E-state index contributed by atoms with van der Waals surface area (Å²) in [5.41, 5.74) is 7.43. The van der Waals surface area contributed by atoms with Crippen molar-refractivity contribution >= 4 is 34.2 Å². The van der Waals surface area contributed by atoms with E-state index in [0.717, 1.165) is 5.56 Å². The predicted molar refractivity (Wildman–Crippen MR) is 110 cm³/mol. The molecule has 146 valence electrons. The third-order valence-corrected chi connectivity index (χ3v) is 5.43. The molecule has 0 radical (unpaired) electrons. The van der Waals surface area contributed by atoms with Gasteiger partial charge in [-0.2, -0.15) is 0 Å². The van der Waals surface area contributed by atoms with E-state index in [1.165, 1.54) is 10.9 Å². The molecular weight excluding hydrogens is 398 g/mol. The molecule has 0 saturated carbocycles. The van der Waals surface area contributed by atoms with E-state index in [4.69, 9.17) is 17.3 Å². The van der Waals surface area contributed by atoms with Crippen molar-refractivity contribution < 1.29 is 9.00 Å². The van der Waals surface area contributed by atoms with Crippen LogP contribution in [0.2, 0.25) is 5.02 Å². The predicted octanol–water partition coefficient (Wildman–Crippen LogP) is 3.45. The standard InChI is InChI=1S/C19H20ClN5O2S/c1-19(2,3)12-4-7-14(8-5-12)28(27)23-15-9-6-13(20)10-17(15)25-11-16(18(21)26)22-24-25/h4-11,23H,1-3H3,(H2,21,26). The van der Waals surface area contributed by atoms with Gasteiger partial charge in [0.2, 0.25) is 0 Å². The second-order valence-electron chi connectivity index (χ2n) is 7.22. The minimum atomic E-state index is -1.51. The van der Waals surface area contributed by atoms with Gasteiger partial charge in [-0.25, -0.2) is 8.89 Å². The number of hydrogen-bond donors (Lipinski definition) is 2. The van der Waals surface area contributed by atoms with E-state index in [1.807, 2.05) is 24.3 Å². The highest BCUT2D eigenvalue weighted by molar-refractivity contribution is 7.86. The number of nitrogens with one attached hydrogen (secondary N) is 1. The Bertz CT molecular complexity index is 1040. The van der Waals surface area contributed by atoms with Crippen molar-refractivity contribution in [1.82, 2.24) is 15.0 Å². The number of carbonyl (C=O) groups is 1. The number of anilines is 1. The fraction of sp³-hybridized carbons (Fsp3) is 0.211. The lowest BCUT2D eigenvalue weighted by Crippen LogP contribution is -2.12. The summed E-state index contributed by atoms with van der Waals surface area (Å²) in [6, 6.07) is 12.6. The van der Waals surface area contributed by atoms with Gasteiger partial charge in [0.1, 0.15) is 11.0 Å². The lowest BCUT2D eigenvalue weighted by molar-refractivity contribution is 0.0995. The van der Waals surface area contributed by atoms with Crippen molar-refractivity contribution in [2.75, 3.05) is 4.72 Å². The zero-order valence-corrected chi connectivity index (χ0v) is 17.2. The quantitative estimate of drug-likeness (QED) is 0.663. The Morgan fingerprint density at radius 1 is 1.18 bits per heavy atom. The molecule has 28 heavy (non-hydrogen) atoms. The lowest BCUT2D eigenvalue weighted by atomic mass is 9.87. The number of hydrogen-bond acceptors (Lipinski definition) is 4. The van der Waals surface area contributed by atoms with E-state index in [0.29, 0.717) is 21.3 Å². The smallest absolute Gasteiger partial charge is 0.270 e. The van der Waals surface area contributed by atoms with Gasteiger partial charge in [0.15, 0.2) is 5.69 Å². The number of primary amides is 1. The summed E-state index contributed by atoms with van der Waals surface area (Å²) < 4.78 is 17.1. The minimum Gasteiger partial charge on any atom is -0.364 e. The van der Waals surface area contributed by atoms with Crippen molar-refractivity contribution in [2.24, 2.45) is 5.73 Å². The topological polar surface area (TPSA) is 103 Å². The SMILES string of the molecule is CC(C)(C)c1ccc(S(=O)Nc2ccc(Cl)cc2-n2cc(C(N)=O)nn2)cc1. The van der Waals surface area contributed by atoms with Gasteiger partial charge in [-0.05, 0) is 41.3 Å². The van der Waals surface area contributed by atoms with Crippen LogP contribution in [0.15, 0.2) is 53.6 Å². The summed E-state index contributed by atoms with van der Waals surface area (Å²) in [6.07, 6.45) is 1.39. The molecule has 7 nitrogen and oxygen atoms in total. The third-order valence-electron chi connectivity index (χ3n) is 4.09. The maximum absolute atomic E-state index is 12.8. The van der Waals surface area contributed by atoms with Gasteiger partial charge in [0.25, 0.3) is 5.91 Å². The number of rotatable bonds is 5. The van der Waals surface area contributed by atoms with Crippen LogP contribution in [-0.4, -0.2) is 25.1 Å². The van der Waals surface area contributed by atoms with Crippen LogP contribution in [0.5, 0.6) is 0 Å². The summed E-state index contributed by atoms with van der Waals surface area (Å²) in [5.74, 6) is -0.690. The summed E-state index contributed by atoms with van der Waals surface area (Å²) in [7, 11) is -1.51. The summed E-state index contributed by atoms with van der Waals surface area (Å²) in [4.78, 5) is 11.9. The number of nitrogens with zero attached hydrogens (tertiary/aromatic N) is 3. The zero-order valence-electron chi connectivity index (χ0n) is 15.6. The molecule has 2 aromatic carbocycles. The average molecular weight is 418 g/mol. The number of amides is 1.